The Morgan fingerprint density at radius 1 is 1.22 bits per heavy atom. The Morgan fingerprint density at radius 3 is 2.63 bits per heavy atom. The first-order valence-electron chi connectivity index (χ1n) is 9.73. The van der Waals surface area contributed by atoms with E-state index in [2.05, 4.69) is 14.5 Å². The maximum atomic E-state index is 11.8. The van der Waals surface area contributed by atoms with Gasteiger partial charge in [0.15, 0.2) is 0 Å². The molecule has 3 rings (SSSR count). The standard InChI is InChI=1S/C19H29N3O4S/c1-2-27(25,26)20-16-7-8-18(17(12-16)19(23)24)22-11-5-6-15(14-22)13-21-9-3-4-10-21/h7-8,12,15,20H,2-6,9-11,13-14H2,1H3,(H,23,24)/t15-/m0/s1. The predicted molar refractivity (Wildman–Crippen MR) is 107 cm³/mol. The zero-order valence-corrected chi connectivity index (χ0v) is 16.7. The predicted octanol–water partition coefficient (Wildman–Crippen LogP) is 2.46. The Labute approximate surface area is 161 Å². The van der Waals surface area contributed by atoms with Crippen LogP contribution in [-0.2, 0) is 10.0 Å². The van der Waals surface area contributed by atoms with Gasteiger partial charge < -0.3 is 14.9 Å². The average molecular weight is 396 g/mol. The topological polar surface area (TPSA) is 90.0 Å². The van der Waals surface area contributed by atoms with Crippen molar-refractivity contribution in [3.05, 3.63) is 23.8 Å². The fraction of sp³-hybridized carbons (Fsp3) is 0.632. The highest BCUT2D eigenvalue weighted by atomic mass is 32.2. The first-order chi connectivity index (χ1) is 12.9. The van der Waals surface area contributed by atoms with E-state index >= 15 is 0 Å². The Balaban J connectivity index is 1.76. The van der Waals surface area contributed by atoms with E-state index in [1.807, 2.05) is 0 Å². The zero-order valence-electron chi connectivity index (χ0n) is 15.9. The van der Waals surface area contributed by atoms with E-state index in [4.69, 9.17) is 0 Å². The summed E-state index contributed by atoms with van der Waals surface area (Å²) in [5.41, 5.74) is 1.12. The molecular weight excluding hydrogens is 366 g/mol. The molecule has 2 aliphatic rings. The van der Waals surface area contributed by atoms with E-state index in [-0.39, 0.29) is 11.3 Å². The van der Waals surface area contributed by atoms with Crippen molar-refractivity contribution in [1.29, 1.82) is 0 Å². The zero-order chi connectivity index (χ0) is 19.4. The number of carbonyl (C=O) groups is 1. The third-order valence-electron chi connectivity index (χ3n) is 5.46. The van der Waals surface area contributed by atoms with Crippen LogP contribution < -0.4 is 9.62 Å². The van der Waals surface area contributed by atoms with E-state index in [1.54, 1.807) is 19.1 Å². The number of sulfonamides is 1. The van der Waals surface area contributed by atoms with E-state index in [0.717, 1.165) is 26.1 Å². The number of aromatic carboxylic acids is 1. The number of carboxylic acids is 1. The van der Waals surface area contributed by atoms with Gasteiger partial charge in [0.25, 0.3) is 0 Å². The van der Waals surface area contributed by atoms with Crippen molar-refractivity contribution in [2.45, 2.75) is 32.6 Å². The van der Waals surface area contributed by atoms with Crippen LogP contribution in [0.25, 0.3) is 0 Å². The second-order valence-corrected chi connectivity index (χ2v) is 9.52. The molecule has 0 aromatic heterocycles. The van der Waals surface area contributed by atoms with Crippen LogP contribution in [0.2, 0.25) is 0 Å². The molecule has 150 valence electrons. The van der Waals surface area contributed by atoms with Crippen molar-refractivity contribution in [1.82, 2.24) is 4.90 Å². The minimum absolute atomic E-state index is 0.0541. The second-order valence-electron chi connectivity index (χ2n) is 7.50. The summed E-state index contributed by atoms with van der Waals surface area (Å²) in [6.07, 6.45) is 4.76. The van der Waals surface area contributed by atoms with E-state index < -0.39 is 16.0 Å². The third kappa shape index (κ3) is 5.13. The lowest BCUT2D eigenvalue weighted by Crippen LogP contribution is -2.41. The SMILES string of the molecule is CCS(=O)(=O)Nc1ccc(N2CCC[C@@H](CN3CCCC3)C2)c(C(=O)O)c1. The van der Waals surface area contributed by atoms with Crippen molar-refractivity contribution < 1.29 is 18.3 Å². The maximum absolute atomic E-state index is 11.8. The molecule has 2 aliphatic heterocycles. The van der Waals surface area contributed by atoms with Crippen LogP contribution >= 0.6 is 0 Å². The molecule has 0 bridgehead atoms. The fourth-order valence-corrected chi connectivity index (χ4v) is 4.69. The van der Waals surface area contributed by atoms with Crippen LogP contribution in [0.3, 0.4) is 0 Å². The van der Waals surface area contributed by atoms with E-state index in [1.165, 1.54) is 38.4 Å². The van der Waals surface area contributed by atoms with Crippen LogP contribution in [0, 0.1) is 5.92 Å². The summed E-state index contributed by atoms with van der Waals surface area (Å²) in [6, 6.07) is 4.81. The monoisotopic (exact) mass is 395 g/mol. The smallest absolute Gasteiger partial charge is 0.337 e. The van der Waals surface area contributed by atoms with Crippen molar-refractivity contribution in [3.8, 4) is 0 Å². The molecule has 2 heterocycles. The number of anilines is 2. The van der Waals surface area contributed by atoms with E-state index in [0.29, 0.717) is 17.3 Å². The van der Waals surface area contributed by atoms with Crippen LogP contribution in [0.5, 0.6) is 0 Å². The molecule has 7 nitrogen and oxygen atoms in total. The van der Waals surface area contributed by atoms with Gasteiger partial charge in [0, 0.05) is 25.3 Å². The number of piperidine rings is 1. The van der Waals surface area contributed by atoms with Crippen LogP contribution in [-0.4, -0.2) is 62.9 Å². The third-order valence-corrected chi connectivity index (χ3v) is 6.76. The highest BCUT2D eigenvalue weighted by Gasteiger charge is 2.26. The molecule has 27 heavy (non-hydrogen) atoms. The van der Waals surface area contributed by atoms with Gasteiger partial charge in [-0.25, -0.2) is 13.2 Å². The van der Waals surface area contributed by atoms with Gasteiger partial charge in [-0.05, 0) is 69.8 Å². The summed E-state index contributed by atoms with van der Waals surface area (Å²) < 4.78 is 26.0. The minimum atomic E-state index is -3.44. The molecule has 1 atom stereocenters. The van der Waals surface area contributed by atoms with Crippen molar-refractivity contribution in [3.63, 3.8) is 0 Å². The summed E-state index contributed by atoms with van der Waals surface area (Å²) in [5.74, 6) is -0.553. The molecular formula is C19H29N3O4S. The quantitative estimate of drug-likeness (QED) is 0.737. The highest BCUT2D eigenvalue weighted by molar-refractivity contribution is 7.92. The molecule has 2 saturated heterocycles. The van der Waals surface area contributed by atoms with Crippen molar-refractivity contribution in [2.75, 3.05) is 48.1 Å². The lowest BCUT2D eigenvalue weighted by atomic mass is 9.96. The Hall–Kier alpha value is -1.80. The number of hydrogen-bond acceptors (Lipinski definition) is 5. The molecule has 0 spiro atoms. The first-order valence-corrected chi connectivity index (χ1v) is 11.4. The number of likely N-dealkylation sites (tertiary alicyclic amines) is 1. The van der Waals surface area contributed by atoms with Gasteiger partial charge in [0.2, 0.25) is 10.0 Å². The second kappa shape index (κ2) is 8.48. The maximum Gasteiger partial charge on any atom is 0.337 e. The summed E-state index contributed by atoms with van der Waals surface area (Å²) in [6.45, 7) is 6.64. The van der Waals surface area contributed by atoms with Crippen LogP contribution in [0.1, 0.15) is 43.0 Å². The molecule has 2 fully saturated rings. The average Bonchev–Trinajstić information content (AvgIpc) is 3.14. The van der Waals surface area contributed by atoms with Gasteiger partial charge in [-0.15, -0.1) is 0 Å². The molecule has 0 saturated carbocycles. The van der Waals surface area contributed by atoms with Gasteiger partial charge in [-0.2, -0.15) is 0 Å². The Bertz CT molecular complexity index is 775. The van der Waals surface area contributed by atoms with Crippen molar-refractivity contribution >= 4 is 27.4 Å². The number of carboxylic acid groups (broad SMARTS) is 1. The largest absolute Gasteiger partial charge is 0.478 e. The summed E-state index contributed by atoms with van der Waals surface area (Å²) in [7, 11) is -3.44. The molecule has 0 aliphatic carbocycles. The molecule has 0 amide bonds. The van der Waals surface area contributed by atoms with Gasteiger partial charge in [-0.1, -0.05) is 0 Å². The molecule has 1 aromatic carbocycles. The van der Waals surface area contributed by atoms with Gasteiger partial charge >= 0.3 is 5.97 Å². The van der Waals surface area contributed by atoms with Gasteiger partial charge in [-0.3, -0.25) is 4.72 Å². The summed E-state index contributed by atoms with van der Waals surface area (Å²) in [4.78, 5) is 16.5. The number of rotatable bonds is 7. The Morgan fingerprint density at radius 2 is 1.96 bits per heavy atom. The number of nitrogens with zero attached hydrogens (tertiary/aromatic N) is 2. The van der Waals surface area contributed by atoms with Crippen molar-refractivity contribution in [2.24, 2.45) is 5.92 Å². The number of benzene rings is 1. The van der Waals surface area contributed by atoms with E-state index in [9.17, 15) is 18.3 Å². The summed E-state index contributed by atoms with van der Waals surface area (Å²) in [5, 5.41) is 9.66. The van der Waals surface area contributed by atoms with Crippen LogP contribution in [0.15, 0.2) is 18.2 Å². The fourth-order valence-electron chi connectivity index (χ4n) is 4.06. The van der Waals surface area contributed by atoms with Crippen LogP contribution in [0.4, 0.5) is 11.4 Å². The number of nitrogens with one attached hydrogen (secondary N) is 1. The minimum Gasteiger partial charge on any atom is -0.478 e. The molecule has 0 radical (unpaired) electrons. The lowest BCUT2D eigenvalue weighted by Gasteiger charge is -2.36. The normalized spacial score (nSPS) is 21.4. The summed E-state index contributed by atoms with van der Waals surface area (Å²) >= 11 is 0. The van der Waals surface area contributed by atoms with Gasteiger partial charge in [0.05, 0.1) is 17.0 Å². The number of hydrogen-bond donors (Lipinski definition) is 2. The molecule has 8 heteroatoms. The first kappa shape index (κ1) is 19.9. The molecule has 1 aromatic rings. The highest BCUT2D eigenvalue weighted by Crippen LogP contribution is 2.30. The Kier molecular flexibility index (Phi) is 6.26. The molecule has 0 unspecified atom stereocenters. The molecule has 2 N–H and O–H groups in total. The lowest BCUT2D eigenvalue weighted by molar-refractivity contribution is 0.0697. The van der Waals surface area contributed by atoms with Gasteiger partial charge in [0.1, 0.15) is 0 Å².